The van der Waals surface area contributed by atoms with Crippen LogP contribution in [0.15, 0.2) is 5.16 Å². The van der Waals surface area contributed by atoms with E-state index in [2.05, 4.69) is 4.98 Å². The molecule has 0 aliphatic carbocycles. The number of imidazole rings is 1. The second-order valence-corrected chi connectivity index (χ2v) is 4.29. The van der Waals surface area contributed by atoms with E-state index in [1.54, 1.807) is 4.98 Å². The van der Waals surface area contributed by atoms with E-state index in [9.17, 15) is 21.6 Å². The predicted octanol–water partition coefficient (Wildman–Crippen LogP) is 0.447. The number of rotatable bonds is 1. The topological polar surface area (TPSA) is 110 Å². The molecule has 10 heteroatoms. The first-order chi connectivity index (χ1) is 7.24. The highest BCUT2D eigenvalue weighted by Gasteiger charge is 2.49. The number of H-pyrrole nitrogens is 1. The van der Waals surface area contributed by atoms with Gasteiger partial charge in [-0.15, -0.1) is 0 Å². The van der Waals surface area contributed by atoms with E-state index in [1.165, 1.54) is 12.1 Å². The molecule has 1 heterocycles. The van der Waals surface area contributed by atoms with Crippen molar-refractivity contribution in [2.45, 2.75) is 10.7 Å². The van der Waals surface area contributed by atoms with Gasteiger partial charge in [-0.3, -0.25) is 0 Å². The first kappa shape index (κ1) is 12.0. The average molecular weight is 250 g/mol. The van der Waals surface area contributed by atoms with Crippen LogP contribution in [0, 0.1) is 22.7 Å². The highest BCUT2D eigenvalue weighted by Crippen LogP contribution is 2.28. The van der Waals surface area contributed by atoms with Gasteiger partial charge in [0.15, 0.2) is 11.4 Å². The van der Waals surface area contributed by atoms with Crippen molar-refractivity contribution in [1.82, 2.24) is 9.97 Å². The van der Waals surface area contributed by atoms with Crippen LogP contribution in [-0.2, 0) is 9.84 Å². The van der Waals surface area contributed by atoms with Crippen molar-refractivity contribution >= 4 is 9.84 Å². The van der Waals surface area contributed by atoms with Crippen LogP contribution < -0.4 is 0 Å². The molecule has 6 nitrogen and oxygen atoms in total. The zero-order valence-corrected chi connectivity index (χ0v) is 8.02. The van der Waals surface area contributed by atoms with Crippen molar-refractivity contribution in [3.63, 3.8) is 0 Å². The molecule has 0 bridgehead atoms. The highest BCUT2D eigenvalue weighted by molar-refractivity contribution is 7.92. The number of hydrogen-bond donors (Lipinski definition) is 1. The number of nitrogens with zero attached hydrogens (tertiary/aromatic N) is 3. The molecule has 0 unspecified atom stereocenters. The van der Waals surface area contributed by atoms with E-state index in [-0.39, 0.29) is 0 Å². The lowest BCUT2D eigenvalue weighted by atomic mass is 10.4. The Hall–Kier alpha value is -2.07. The van der Waals surface area contributed by atoms with Gasteiger partial charge in [0.1, 0.15) is 12.1 Å². The van der Waals surface area contributed by atoms with Crippen LogP contribution in [0.25, 0.3) is 0 Å². The minimum Gasteiger partial charge on any atom is -0.319 e. The summed E-state index contributed by atoms with van der Waals surface area (Å²) >= 11 is 0. The van der Waals surface area contributed by atoms with Crippen LogP contribution in [0.2, 0.25) is 0 Å². The van der Waals surface area contributed by atoms with E-state index in [4.69, 9.17) is 10.5 Å². The molecule has 0 spiro atoms. The van der Waals surface area contributed by atoms with Gasteiger partial charge in [-0.05, 0) is 0 Å². The Morgan fingerprint density at radius 3 is 2.12 bits per heavy atom. The molecular weight excluding hydrogens is 249 g/mol. The number of hydrogen-bond acceptors (Lipinski definition) is 5. The molecular formula is C6HF3N4O2S. The highest BCUT2D eigenvalue weighted by atomic mass is 32.2. The Labute approximate surface area is 86.9 Å². The Bertz CT molecular complexity index is 570. The quantitative estimate of drug-likeness (QED) is 0.777. The van der Waals surface area contributed by atoms with Crippen LogP contribution >= 0.6 is 0 Å². The molecule has 0 aliphatic heterocycles. The van der Waals surface area contributed by atoms with Crippen LogP contribution in [0.5, 0.6) is 0 Å². The maximum atomic E-state index is 12.1. The standard InChI is InChI=1S/C6HF3N4O2S/c7-6(8,9)16(14,15)5-12-3(1-10)4(2-11)13-5/h(H,12,13). The van der Waals surface area contributed by atoms with Gasteiger partial charge in [0.05, 0.1) is 0 Å². The van der Waals surface area contributed by atoms with Crippen LogP contribution in [0.3, 0.4) is 0 Å². The maximum absolute atomic E-state index is 12.1. The van der Waals surface area contributed by atoms with Gasteiger partial charge in [-0.25, -0.2) is 13.4 Å². The van der Waals surface area contributed by atoms with E-state index >= 15 is 0 Å². The number of nitriles is 2. The van der Waals surface area contributed by atoms with Gasteiger partial charge in [0, 0.05) is 0 Å². The molecule has 0 amide bonds. The maximum Gasteiger partial charge on any atom is 0.504 e. The summed E-state index contributed by atoms with van der Waals surface area (Å²) in [6.45, 7) is 0. The molecule has 0 saturated heterocycles. The fourth-order valence-electron chi connectivity index (χ4n) is 0.750. The second kappa shape index (κ2) is 3.50. The largest absolute Gasteiger partial charge is 0.504 e. The Morgan fingerprint density at radius 1 is 1.25 bits per heavy atom. The van der Waals surface area contributed by atoms with E-state index < -0.39 is 31.9 Å². The molecule has 1 aromatic heterocycles. The summed E-state index contributed by atoms with van der Waals surface area (Å²) in [5, 5.41) is 15.3. The van der Waals surface area contributed by atoms with Crippen molar-refractivity contribution in [2.75, 3.05) is 0 Å². The molecule has 0 aromatic carbocycles. The summed E-state index contributed by atoms with van der Waals surface area (Å²) in [5.74, 6) is 0. The van der Waals surface area contributed by atoms with Crippen molar-refractivity contribution in [2.24, 2.45) is 0 Å². The Balaban J connectivity index is 3.46. The Morgan fingerprint density at radius 2 is 1.81 bits per heavy atom. The fraction of sp³-hybridized carbons (Fsp3) is 0.167. The summed E-state index contributed by atoms with van der Waals surface area (Å²) < 4.78 is 57.8. The first-order valence-corrected chi connectivity index (χ1v) is 4.94. The lowest BCUT2D eigenvalue weighted by Gasteiger charge is -2.03. The van der Waals surface area contributed by atoms with Crippen LogP contribution in [0.1, 0.15) is 11.4 Å². The molecule has 0 atom stereocenters. The smallest absolute Gasteiger partial charge is 0.319 e. The van der Waals surface area contributed by atoms with Crippen molar-refractivity contribution in [3.05, 3.63) is 11.4 Å². The Kier molecular flexibility index (Phi) is 2.63. The number of alkyl halides is 3. The molecule has 1 N–H and O–H groups in total. The predicted molar refractivity (Wildman–Crippen MR) is 41.3 cm³/mol. The SMILES string of the molecule is N#Cc1nc(S(=O)(=O)C(F)(F)F)[nH]c1C#N. The summed E-state index contributed by atoms with van der Waals surface area (Å²) in [5.41, 5.74) is -6.87. The van der Waals surface area contributed by atoms with E-state index in [0.717, 1.165) is 0 Å². The van der Waals surface area contributed by atoms with E-state index in [1.807, 2.05) is 0 Å². The number of halogens is 3. The molecule has 84 valence electrons. The lowest BCUT2D eigenvalue weighted by Crippen LogP contribution is -2.24. The summed E-state index contributed by atoms with van der Waals surface area (Å²) in [7, 11) is -5.67. The molecule has 16 heavy (non-hydrogen) atoms. The number of nitrogens with one attached hydrogen (secondary N) is 1. The minimum atomic E-state index is -5.67. The summed E-state index contributed by atoms with van der Waals surface area (Å²) in [6.07, 6.45) is 0. The third kappa shape index (κ3) is 1.70. The fourth-order valence-corrected chi connectivity index (χ4v) is 1.42. The number of sulfone groups is 1. The summed E-state index contributed by atoms with van der Waals surface area (Å²) in [6, 6.07) is 2.61. The number of aromatic amines is 1. The average Bonchev–Trinajstić information content (AvgIpc) is 2.59. The zero-order valence-electron chi connectivity index (χ0n) is 7.20. The first-order valence-electron chi connectivity index (χ1n) is 3.45. The lowest BCUT2D eigenvalue weighted by molar-refractivity contribution is -0.0440. The molecule has 0 radical (unpaired) electrons. The molecule has 0 saturated carbocycles. The third-order valence-corrected chi connectivity index (χ3v) is 2.77. The van der Waals surface area contributed by atoms with Gasteiger partial charge < -0.3 is 4.98 Å². The van der Waals surface area contributed by atoms with Gasteiger partial charge in [0.25, 0.3) is 0 Å². The minimum absolute atomic E-state index is 0.634. The molecule has 0 aliphatic rings. The molecule has 0 fully saturated rings. The van der Waals surface area contributed by atoms with Crippen molar-refractivity contribution < 1.29 is 21.6 Å². The van der Waals surface area contributed by atoms with Gasteiger partial charge in [-0.2, -0.15) is 23.7 Å². The van der Waals surface area contributed by atoms with Gasteiger partial charge in [0.2, 0.25) is 5.16 Å². The van der Waals surface area contributed by atoms with E-state index in [0.29, 0.717) is 0 Å². The van der Waals surface area contributed by atoms with Crippen molar-refractivity contribution in [3.8, 4) is 12.1 Å². The normalized spacial score (nSPS) is 11.8. The van der Waals surface area contributed by atoms with Crippen LogP contribution in [-0.4, -0.2) is 23.9 Å². The third-order valence-electron chi connectivity index (χ3n) is 1.46. The molecule has 1 rings (SSSR count). The van der Waals surface area contributed by atoms with Gasteiger partial charge in [-0.1, -0.05) is 0 Å². The monoisotopic (exact) mass is 250 g/mol. The van der Waals surface area contributed by atoms with Crippen molar-refractivity contribution in [1.29, 1.82) is 10.5 Å². The van der Waals surface area contributed by atoms with Gasteiger partial charge >= 0.3 is 15.3 Å². The molecule has 1 aromatic rings. The summed E-state index contributed by atoms with van der Waals surface area (Å²) in [4.78, 5) is 4.52. The zero-order chi connectivity index (χ0) is 12.6. The second-order valence-electron chi connectivity index (χ2n) is 2.44. The van der Waals surface area contributed by atoms with Crippen LogP contribution in [0.4, 0.5) is 13.2 Å². The number of aromatic nitrogens is 2.